The van der Waals surface area contributed by atoms with Crippen LogP contribution in [-0.2, 0) is 6.18 Å². The van der Waals surface area contributed by atoms with Crippen molar-refractivity contribution in [3.05, 3.63) is 64.2 Å². The number of nitrogens with one attached hydrogen (secondary N) is 1. The van der Waals surface area contributed by atoms with Crippen LogP contribution in [0.4, 0.5) is 29.3 Å². The normalized spacial score (nSPS) is 12.2. The number of hydrogen-bond acceptors (Lipinski definition) is 5. The van der Waals surface area contributed by atoms with Crippen molar-refractivity contribution in [2.75, 3.05) is 25.5 Å². The smallest absolute Gasteiger partial charge is 0.416 e. The van der Waals surface area contributed by atoms with Gasteiger partial charge in [0.1, 0.15) is 18.5 Å². The maximum absolute atomic E-state index is 12.5. The van der Waals surface area contributed by atoms with Crippen LogP contribution in [0.1, 0.15) is 5.56 Å². The standard InChI is InChI=1S/C18H18F3N3O5/c1-23(17(26)22-13-4-6-14(7-5-13)24(27)28)10-15(25)11-29-16-8-2-12(3-9-16)18(19,20)21/h2-9,15,25H,10-11H2,1H3,(H,22,26). The Labute approximate surface area is 163 Å². The molecular formula is C18H18F3N3O5. The van der Waals surface area contributed by atoms with Gasteiger partial charge in [0.05, 0.1) is 17.0 Å². The highest BCUT2D eigenvalue weighted by molar-refractivity contribution is 5.89. The minimum atomic E-state index is -4.45. The van der Waals surface area contributed by atoms with E-state index in [-0.39, 0.29) is 24.6 Å². The molecule has 8 nitrogen and oxygen atoms in total. The third-order valence-electron chi connectivity index (χ3n) is 3.78. The lowest BCUT2D eigenvalue weighted by molar-refractivity contribution is -0.384. The molecule has 0 heterocycles. The molecule has 1 unspecified atom stereocenters. The first-order chi connectivity index (χ1) is 13.6. The Kier molecular flexibility index (Phi) is 6.99. The van der Waals surface area contributed by atoms with E-state index < -0.39 is 28.8 Å². The third kappa shape index (κ3) is 6.64. The summed E-state index contributed by atoms with van der Waals surface area (Å²) in [6, 6.07) is 8.66. The number of carbonyl (C=O) groups is 1. The van der Waals surface area contributed by atoms with Crippen LogP contribution in [-0.4, -0.2) is 47.3 Å². The molecule has 0 aliphatic heterocycles. The predicted octanol–water partition coefficient (Wildman–Crippen LogP) is 3.52. The molecule has 0 aliphatic rings. The van der Waals surface area contributed by atoms with Crippen molar-refractivity contribution in [2.45, 2.75) is 12.3 Å². The number of rotatable bonds is 7. The van der Waals surface area contributed by atoms with E-state index in [1.165, 1.54) is 36.2 Å². The summed E-state index contributed by atoms with van der Waals surface area (Å²) in [5.41, 5.74) is -0.594. The lowest BCUT2D eigenvalue weighted by atomic mass is 10.2. The summed E-state index contributed by atoms with van der Waals surface area (Å²) in [6.45, 7) is -0.347. The minimum Gasteiger partial charge on any atom is -0.491 e. The summed E-state index contributed by atoms with van der Waals surface area (Å²) in [5, 5.41) is 23.1. The van der Waals surface area contributed by atoms with Crippen LogP contribution in [0.5, 0.6) is 5.75 Å². The van der Waals surface area contributed by atoms with Crippen LogP contribution in [0.25, 0.3) is 0 Å². The number of halogens is 3. The summed E-state index contributed by atoms with van der Waals surface area (Å²) in [6.07, 6.45) is -5.54. The van der Waals surface area contributed by atoms with Crippen LogP contribution in [0.15, 0.2) is 48.5 Å². The molecule has 0 saturated heterocycles. The maximum atomic E-state index is 12.5. The quantitative estimate of drug-likeness (QED) is 0.534. The van der Waals surface area contributed by atoms with Crippen molar-refractivity contribution < 1.29 is 32.7 Å². The third-order valence-corrected chi connectivity index (χ3v) is 3.78. The zero-order chi connectivity index (χ0) is 21.6. The zero-order valence-corrected chi connectivity index (χ0v) is 15.2. The molecule has 29 heavy (non-hydrogen) atoms. The number of nitro groups is 1. The van der Waals surface area contributed by atoms with E-state index in [4.69, 9.17) is 4.74 Å². The fourth-order valence-electron chi connectivity index (χ4n) is 2.27. The highest BCUT2D eigenvalue weighted by Crippen LogP contribution is 2.30. The topological polar surface area (TPSA) is 105 Å². The molecule has 0 aromatic heterocycles. The van der Waals surface area contributed by atoms with Crippen LogP contribution < -0.4 is 10.1 Å². The van der Waals surface area contributed by atoms with Gasteiger partial charge in [0, 0.05) is 24.9 Å². The van der Waals surface area contributed by atoms with Crippen molar-refractivity contribution >= 4 is 17.4 Å². The second kappa shape index (κ2) is 9.24. The number of urea groups is 1. The van der Waals surface area contributed by atoms with Crippen molar-refractivity contribution in [1.29, 1.82) is 0 Å². The molecule has 0 bridgehead atoms. The van der Waals surface area contributed by atoms with Crippen LogP contribution in [0.2, 0.25) is 0 Å². The van der Waals surface area contributed by atoms with Gasteiger partial charge in [-0.15, -0.1) is 0 Å². The fourth-order valence-corrected chi connectivity index (χ4v) is 2.27. The van der Waals surface area contributed by atoms with Crippen LogP contribution in [0, 0.1) is 10.1 Å². The van der Waals surface area contributed by atoms with E-state index in [1.807, 2.05) is 0 Å². The number of benzene rings is 2. The predicted molar refractivity (Wildman–Crippen MR) is 97.7 cm³/mol. The largest absolute Gasteiger partial charge is 0.491 e. The summed E-state index contributed by atoms with van der Waals surface area (Å²) in [4.78, 5) is 23.3. The molecule has 2 aromatic carbocycles. The number of aliphatic hydroxyl groups excluding tert-OH is 1. The number of aliphatic hydroxyl groups is 1. The molecule has 0 fully saturated rings. The molecule has 2 N–H and O–H groups in total. The number of nitro benzene ring substituents is 1. The second-order valence-electron chi connectivity index (χ2n) is 6.10. The first-order valence-electron chi connectivity index (χ1n) is 8.31. The van der Waals surface area contributed by atoms with E-state index in [9.17, 15) is 33.2 Å². The number of hydrogen-bond donors (Lipinski definition) is 2. The Balaban J connectivity index is 1.81. The van der Waals surface area contributed by atoms with Gasteiger partial charge in [-0.1, -0.05) is 0 Å². The number of non-ortho nitro benzene ring substituents is 1. The fraction of sp³-hybridized carbons (Fsp3) is 0.278. The molecule has 0 radical (unpaired) electrons. The summed E-state index contributed by atoms with van der Waals surface area (Å²) in [5.74, 6) is 0.148. The Morgan fingerprint density at radius 2 is 1.79 bits per heavy atom. The molecule has 2 amide bonds. The summed E-state index contributed by atoms with van der Waals surface area (Å²) < 4.78 is 42.8. The van der Waals surface area contributed by atoms with Crippen molar-refractivity contribution in [3.63, 3.8) is 0 Å². The average molecular weight is 413 g/mol. The molecule has 1 atom stereocenters. The Bertz CT molecular complexity index is 841. The van der Waals surface area contributed by atoms with E-state index in [1.54, 1.807) is 0 Å². The van der Waals surface area contributed by atoms with Gasteiger partial charge in [-0.25, -0.2) is 4.79 Å². The lowest BCUT2D eigenvalue weighted by Crippen LogP contribution is -2.39. The average Bonchev–Trinajstić information content (AvgIpc) is 2.66. The Morgan fingerprint density at radius 3 is 2.31 bits per heavy atom. The van der Waals surface area contributed by atoms with Gasteiger partial charge < -0.3 is 20.1 Å². The number of anilines is 1. The van der Waals surface area contributed by atoms with E-state index >= 15 is 0 Å². The SMILES string of the molecule is CN(CC(O)COc1ccc(C(F)(F)F)cc1)C(=O)Nc1ccc([N+](=O)[O-])cc1. The molecular weight excluding hydrogens is 395 g/mol. The second-order valence-corrected chi connectivity index (χ2v) is 6.10. The molecule has 0 spiro atoms. The monoisotopic (exact) mass is 413 g/mol. The van der Waals surface area contributed by atoms with Crippen LogP contribution in [0.3, 0.4) is 0 Å². The van der Waals surface area contributed by atoms with Crippen LogP contribution >= 0.6 is 0 Å². The summed E-state index contributed by atoms with van der Waals surface area (Å²) >= 11 is 0. The minimum absolute atomic E-state index is 0.112. The van der Waals surface area contributed by atoms with E-state index in [0.29, 0.717) is 5.69 Å². The van der Waals surface area contributed by atoms with Gasteiger partial charge >= 0.3 is 12.2 Å². The van der Waals surface area contributed by atoms with Gasteiger partial charge in [0.2, 0.25) is 0 Å². The number of alkyl halides is 3. The van der Waals surface area contributed by atoms with Gasteiger partial charge in [0.25, 0.3) is 5.69 Å². The van der Waals surface area contributed by atoms with Gasteiger partial charge in [-0.2, -0.15) is 13.2 Å². The van der Waals surface area contributed by atoms with Crippen molar-refractivity contribution in [2.24, 2.45) is 0 Å². The van der Waals surface area contributed by atoms with E-state index in [0.717, 1.165) is 24.3 Å². The number of likely N-dealkylation sites (N-methyl/N-ethyl adjacent to an activating group) is 1. The number of nitrogens with zero attached hydrogens (tertiary/aromatic N) is 2. The molecule has 156 valence electrons. The maximum Gasteiger partial charge on any atom is 0.416 e. The Morgan fingerprint density at radius 1 is 1.21 bits per heavy atom. The van der Waals surface area contributed by atoms with E-state index in [2.05, 4.69) is 5.32 Å². The molecule has 2 aromatic rings. The highest BCUT2D eigenvalue weighted by Gasteiger charge is 2.30. The highest BCUT2D eigenvalue weighted by atomic mass is 19.4. The molecule has 11 heteroatoms. The molecule has 0 saturated carbocycles. The van der Waals surface area contributed by atoms with Gasteiger partial charge in [0.15, 0.2) is 0 Å². The van der Waals surface area contributed by atoms with Gasteiger partial charge in [-0.3, -0.25) is 10.1 Å². The molecule has 0 aliphatic carbocycles. The first kappa shape index (κ1) is 22.0. The summed E-state index contributed by atoms with van der Waals surface area (Å²) in [7, 11) is 1.42. The van der Waals surface area contributed by atoms with Crippen molar-refractivity contribution in [3.8, 4) is 5.75 Å². The number of amides is 2. The van der Waals surface area contributed by atoms with Gasteiger partial charge in [-0.05, 0) is 36.4 Å². The Hall–Kier alpha value is -3.34. The number of carbonyl (C=O) groups excluding carboxylic acids is 1. The zero-order valence-electron chi connectivity index (χ0n) is 15.2. The first-order valence-corrected chi connectivity index (χ1v) is 8.31. The number of ether oxygens (including phenoxy) is 1. The lowest BCUT2D eigenvalue weighted by Gasteiger charge is -2.21. The molecule has 2 rings (SSSR count). The van der Waals surface area contributed by atoms with Crippen molar-refractivity contribution in [1.82, 2.24) is 4.90 Å².